The first kappa shape index (κ1) is 14.2. The number of rotatable bonds is 3. The molecule has 8 heteroatoms. The number of aromatic nitrogens is 1. The molecule has 0 saturated heterocycles. The van der Waals surface area contributed by atoms with Gasteiger partial charge in [-0.3, -0.25) is 14.9 Å². The second-order valence-electron chi connectivity index (χ2n) is 3.73. The zero-order valence-electron chi connectivity index (χ0n) is 9.84. The van der Waals surface area contributed by atoms with Crippen LogP contribution < -0.4 is 5.32 Å². The van der Waals surface area contributed by atoms with E-state index in [4.69, 9.17) is 23.2 Å². The Labute approximate surface area is 123 Å². The van der Waals surface area contributed by atoms with Crippen molar-refractivity contribution in [2.24, 2.45) is 0 Å². The number of nitrogens with one attached hydrogen (secondary N) is 1. The number of halogens is 2. The Morgan fingerprint density at radius 1 is 1.20 bits per heavy atom. The first-order valence-corrected chi connectivity index (χ1v) is 6.11. The van der Waals surface area contributed by atoms with Crippen LogP contribution in [0.5, 0.6) is 0 Å². The molecule has 2 aromatic rings. The molecule has 6 nitrogen and oxygen atoms in total. The topological polar surface area (TPSA) is 85.1 Å². The number of hydrogen-bond acceptors (Lipinski definition) is 4. The summed E-state index contributed by atoms with van der Waals surface area (Å²) in [5.74, 6) is -0.564. The van der Waals surface area contributed by atoms with Crippen molar-refractivity contribution >= 4 is 40.5 Å². The number of benzene rings is 1. The van der Waals surface area contributed by atoms with E-state index in [1.807, 2.05) is 0 Å². The quantitative estimate of drug-likeness (QED) is 0.533. The molecule has 1 amide bonds. The van der Waals surface area contributed by atoms with E-state index in [9.17, 15) is 14.9 Å². The normalized spacial score (nSPS) is 10.1. The molecule has 0 fully saturated rings. The molecule has 0 aliphatic rings. The summed E-state index contributed by atoms with van der Waals surface area (Å²) in [5.41, 5.74) is 0.0480. The molecule has 0 aliphatic carbocycles. The summed E-state index contributed by atoms with van der Waals surface area (Å²) in [4.78, 5) is 26.0. The number of carbonyl (C=O) groups is 1. The Hall–Kier alpha value is -2.18. The van der Waals surface area contributed by atoms with E-state index < -0.39 is 10.8 Å². The van der Waals surface area contributed by atoms with Crippen LogP contribution in [0.2, 0.25) is 10.3 Å². The van der Waals surface area contributed by atoms with E-state index in [-0.39, 0.29) is 27.2 Å². The van der Waals surface area contributed by atoms with Gasteiger partial charge in [0.2, 0.25) is 0 Å². The Morgan fingerprint density at radius 3 is 2.40 bits per heavy atom. The minimum atomic E-state index is -0.581. The highest BCUT2D eigenvalue weighted by atomic mass is 35.5. The zero-order chi connectivity index (χ0) is 14.7. The van der Waals surface area contributed by atoms with Gasteiger partial charge in [-0.25, -0.2) is 4.98 Å². The van der Waals surface area contributed by atoms with Gasteiger partial charge < -0.3 is 5.32 Å². The molecule has 0 unspecified atom stereocenters. The average molecular weight is 312 g/mol. The molecule has 0 radical (unpaired) electrons. The predicted octanol–water partition coefficient (Wildman–Crippen LogP) is 3.55. The highest BCUT2D eigenvalue weighted by Gasteiger charge is 2.16. The van der Waals surface area contributed by atoms with E-state index in [0.29, 0.717) is 0 Å². The maximum Gasteiger partial charge on any atom is 0.292 e. The lowest BCUT2D eigenvalue weighted by atomic mass is 10.2. The largest absolute Gasteiger partial charge is 0.316 e. The van der Waals surface area contributed by atoms with Gasteiger partial charge in [0.25, 0.3) is 11.6 Å². The van der Waals surface area contributed by atoms with Crippen LogP contribution in [0, 0.1) is 10.1 Å². The second kappa shape index (κ2) is 5.85. The van der Waals surface area contributed by atoms with E-state index in [0.717, 1.165) is 0 Å². The molecule has 20 heavy (non-hydrogen) atoms. The van der Waals surface area contributed by atoms with Crippen LogP contribution >= 0.6 is 23.2 Å². The number of para-hydroxylation sites is 2. The fraction of sp³-hybridized carbons (Fsp3) is 0. The second-order valence-corrected chi connectivity index (χ2v) is 4.50. The molecule has 0 atom stereocenters. The summed E-state index contributed by atoms with van der Waals surface area (Å²) in [6.07, 6.45) is 0. The monoisotopic (exact) mass is 311 g/mol. The van der Waals surface area contributed by atoms with Crippen LogP contribution in [0.15, 0.2) is 36.4 Å². The zero-order valence-corrected chi connectivity index (χ0v) is 11.4. The number of pyridine rings is 1. The molecule has 1 aromatic heterocycles. The van der Waals surface area contributed by atoms with Gasteiger partial charge in [0.1, 0.15) is 16.0 Å². The van der Waals surface area contributed by atoms with Gasteiger partial charge in [0.15, 0.2) is 0 Å². The predicted molar refractivity (Wildman–Crippen MR) is 75.3 cm³/mol. The fourth-order valence-corrected chi connectivity index (χ4v) is 1.99. The van der Waals surface area contributed by atoms with Crippen LogP contribution in [0.1, 0.15) is 10.4 Å². The Balaban J connectivity index is 2.30. The summed E-state index contributed by atoms with van der Waals surface area (Å²) >= 11 is 11.4. The van der Waals surface area contributed by atoms with Crippen molar-refractivity contribution in [1.29, 1.82) is 0 Å². The highest BCUT2D eigenvalue weighted by Crippen LogP contribution is 2.24. The van der Waals surface area contributed by atoms with Crippen molar-refractivity contribution in [3.63, 3.8) is 0 Å². The van der Waals surface area contributed by atoms with Crippen molar-refractivity contribution < 1.29 is 9.72 Å². The molecule has 102 valence electrons. The van der Waals surface area contributed by atoms with Crippen molar-refractivity contribution in [2.45, 2.75) is 0 Å². The van der Waals surface area contributed by atoms with Crippen LogP contribution in [-0.4, -0.2) is 15.8 Å². The lowest BCUT2D eigenvalue weighted by Crippen LogP contribution is -2.13. The number of nitrogens with zero attached hydrogens (tertiary/aromatic N) is 2. The third-order valence-electron chi connectivity index (χ3n) is 2.37. The molecular weight excluding hydrogens is 305 g/mol. The van der Waals surface area contributed by atoms with Crippen molar-refractivity contribution in [3.05, 3.63) is 62.4 Å². The van der Waals surface area contributed by atoms with Crippen molar-refractivity contribution in [1.82, 2.24) is 4.98 Å². The Kier molecular flexibility index (Phi) is 4.16. The minimum Gasteiger partial charge on any atom is -0.316 e. The standard InChI is InChI=1S/C12H7Cl2N3O3/c13-10-5-7(6-11(14)16-10)12(18)15-8-3-1-2-4-9(8)17(19)20/h1-6H,(H,15,18). The number of anilines is 1. The van der Waals surface area contributed by atoms with E-state index in [1.165, 1.54) is 30.3 Å². The van der Waals surface area contributed by atoms with E-state index in [1.54, 1.807) is 6.07 Å². The highest BCUT2D eigenvalue weighted by molar-refractivity contribution is 6.33. The van der Waals surface area contributed by atoms with Crippen molar-refractivity contribution in [3.8, 4) is 0 Å². The van der Waals surface area contributed by atoms with Gasteiger partial charge >= 0.3 is 0 Å². The average Bonchev–Trinajstić information content (AvgIpc) is 2.37. The lowest BCUT2D eigenvalue weighted by molar-refractivity contribution is -0.383. The molecule has 1 aromatic carbocycles. The summed E-state index contributed by atoms with van der Waals surface area (Å²) in [6.45, 7) is 0. The first-order chi connectivity index (χ1) is 9.47. The smallest absolute Gasteiger partial charge is 0.292 e. The molecule has 0 bridgehead atoms. The molecule has 1 N–H and O–H groups in total. The summed E-state index contributed by atoms with van der Waals surface area (Å²) in [5, 5.41) is 13.4. The summed E-state index contributed by atoms with van der Waals surface area (Å²) < 4.78 is 0. The summed E-state index contributed by atoms with van der Waals surface area (Å²) in [7, 11) is 0. The van der Waals surface area contributed by atoms with Gasteiger partial charge in [-0.2, -0.15) is 0 Å². The maximum absolute atomic E-state index is 12.0. The molecule has 2 rings (SSSR count). The maximum atomic E-state index is 12.0. The Morgan fingerprint density at radius 2 is 1.80 bits per heavy atom. The number of amides is 1. The van der Waals surface area contributed by atoms with Crippen LogP contribution in [0.25, 0.3) is 0 Å². The van der Waals surface area contributed by atoms with Crippen LogP contribution in [0.3, 0.4) is 0 Å². The van der Waals surface area contributed by atoms with Gasteiger partial charge in [-0.15, -0.1) is 0 Å². The van der Waals surface area contributed by atoms with E-state index >= 15 is 0 Å². The van der Waals surface area contributed by atoms with Crippen LogP contribution in [0.4, 0.5) is 11.4 Å². The van der Waals surface area contributed by atoms with Gasteiger partial charge in [-0.05, 0) is 18.2 Å². The third kappa shape index (κ3) is 3.23. The van der Waals surface area contributed by atoms with Gasteiger partial charge in [0, 0.05) is 11.6 Å². The molecule has 0 saturated carbocycles. The minimum absolute atomic E-state index is 0.0604. The van der Waals surface area contributed by atoms with Crippen LogP contribution in [-0.2, 0) is 0 Å². The summed E-state index contributed by atoms with van der Waals surface area (Å²) in [6, 6.07) is 8.45. The molecule has 0 aliphatic heterocycles. The number of nitro benzene ring substituents is 1. The number of nitro groups is 1. The SMILES string of the molecule is O=C(Nc1ccccc1[N+](=O)[O-])c1cc(Cl)nc(Cl)c1. The molecule has 0 spiro atoms. The Bertz CT molecular complexity index is 671. The lowest BCUT2D eigenvalue weighted by Gasteiger charge is -2.06. The third-order valence-corrected chi connectivity index (χ3v) is 2.76. The van der Waals surface area contributed by atoms with Gasteiger partial charge in [0.05, 0.1) is 4.92 Å². The van der Waals surface area contributed by atoms with Gasteiger partial charge in [-0.1, -0.05) is 35.3 Å². The van der Waals surface area contributed by atoms with E-state index in [2.05, 4.69) is 10.3 Å². The molecule has 1 heterocycles. The number of hydrogen-bond donors (Lipinski definition) is 1. The number of carbonyl (C=O) groups excluding carboxylic acids is 1. The molecular formula is C12H7Cl2N3O3. The fourth-order valence-electron chi connectivity index (χ4n) is 1.53. The van der Waals surface area contributed by atoms with Crippen molar-refractivity contribution in [2.75, 3.05) is 5.32 Å². The first-order valence-electron chi connectivity index (χ1n) is 5.35.